The molecular formula is C28H34N2O5S. The van der Waals surface area contributed by atoms with Crippen LogP contribution in [0.2, 0.25) is 0 Å². The van der Waals surface area contributed by atoms with E-state index in [1.165, 1.54) is 22.5 Å². The van der Waals surface area contributed by atoms with Gasteiger partial charge in [0.05, 0.1) is 25.5 Å². The fraction of sp³-hybridized carbons (Fsp3) is 0.357. The van der Waals surface area contributed by atoms with E-state index < -0.39 is 5.97 Å². The molecule has 36 heavy (non-hydrogen) atoms. The Morgan fingerprint density at radius 1 is 0.944 bits per heavy atom. The average Bonchev–Trinajstić information content (AvgIpc) is 3.36. The summed E-state index contributed by atoms with van der Waals surface area (Å²) in [5.41, 5.74) is 3.55. The van der Waals surface area contributed by atoms with Crippen LogP contribution in [0, 0.1) is 0 Å². The maximum Gasteiger partial charge on any atom is 0.305 e. The van der Waals surface area contributed by atoms with Gasteiger partial charge in [0.2, 0.25) is 0 Å². The van der Waals surface area contributed by atoms with E-state index in [1.54, 1.807) is 20.3 Å². The van der Waals surface area contributed by atoms with E-state index in [2.05, 4.69) is 48.7 Å². The van der Waals surface area contributed by atoms with E-state index in [9.17, 15) is 9.59 Å². The van der Waals surface area contributed by atoms with Gasteiger partial charge in [0.25, 0.3) is 5.91 Å². The molecule has 1 amide bonds. The number of rotatable bonds is 13. The fourth-order valence-corrected chi connectivity index (χ4v) is 4.81. The molecule has 1 atom stereocenters. The van der Waals surface area contributed by atoms with Crippen LogP contribution in [0.25, 0.3) is 0 Å². The summed E-state index contributed by atoms with van der Waals surface area (Å²) >= 11 is 1.41. The number of thiophene rings is 1. The number of carboxylic acid groups (broad SMARTS) is 1. The third-order valence-electron chi connectivity index (χ3n) is 5.91. The third-order valence-corrected chi connectivity index (χ3v) is 7.10. The van der Waals surface area contributed by atoms with Crippen molar-refractivity contribution in [1.29, 1.82) is 0 Å². The number of hydrogen-bond acceptors (Lipinski definition) is 6. The Balaban J connectivity index is 1.79. The minimum Gasteiger partial charge on any atom is -0.493 e. The normalized spacial score (nSPS) is 11.8. The van der Waals surface area contributed by atoms with Crippen LogP contribution >= 0.6 is 11.3 Å². The largest absolute Gasteiger partial charge is 0.493 e. The highest BCUT2D eigenvalue weighted by Crippen LogP contribution is 2.31. The molecule has 0 spiro atoms. The number of nitrogens with one attached hydrogen (secondary N) is 2. The number of methoxy groups -OCH3 is 2. The van der Waals surface area contributed by atoms with Crippen molar-refractivity contribution in [3.05, 3.63) is 81.0 Å². The Bertz CT molecular complexity index is 1160. The van der Waals surface area contributed by atoms with Crippen LogP contribution in [0.15, 0.2) is 54.6 Å². The summed E-state index contributed by atoms with van der Waals surface area (Å²) in [6.07, 6.45) is 0.577. The standard InChI is InChI=1S/C28H34N2O5S/c1-18(2)21-8-5-19(6-9-21)17-30-22(15-20-7-10-23(34-3)24(16-20)35-4)25-11-12-26(36-25)28(33)29-14-13-27(31)32/h5-12,16,18,22,30H,13-15,17H2,1-4H3,(H,29,33)(H,31,32). The molecule has 0 saturated carbocycles. The summed E-state index contributed by atoms with van der Waals surface area (Å²) in [7, 11) is 3.23. The highest BCUT2D eigenvalue weighted by molar-refractivity contribution is 7.14. The van der Waals surface area contributed by atoms with Gasteiger partial charge in [-0.25, -0.2) is 0 Å². The molecule has 2 aromatic carbocycles. The van der Waals surface area contributed by atoms with Gasteiger partial charge in [0.1, 0.15) is 0 Å². The van der Waals surface area contributed by atoms with Crippen LogP contribution < -0.4 is 20.1 Å². The number of aliphatic carboxylic acids is 1. The second-order valence-corrected chi connectivity index (χ2v) is 9.94. The molecule has 1 heterocycles. The maximum atomic E-state index is 12.5. The number of ether oxygens (including phenoxy) is 2. The van der Waals surface area contributed by atoms with Crippen molar-refractivity contribution in [1.82, 2.24) is 10.6 Å². The molecule has 1 unspecified atom stereocenters. The Morgan fingerprint density at radius 2 is 1.64 bits per heavy atom. The number of amides is 1. The lowest BCUT2D eigenvalue weighted by Gasteiger charge is -2.19. The zero-order valence-electron chi connectivity index (χ0n) is 21.2. The Morgan fingerprint density at radius 3 is 2.28 bits per heavy atom. The maximum absolute atomic E-state index is 12.5. The lowest BCUT2D eigenvalue weighted by molar-refractivity contribution is -0.136. The smallest absolute Gasteiger partial charge is 0.305 e. The minimum absolute atomic E-state index is 0.0431. The second kappa shape index (κ2) is 13.1. The van der Waals surface area contributed by atoms with Crippen molar-refractivity contribution >= 4 is 23.2 Å². The molecule has 0 fully saturated rings. The molecular weight excluding hydrogens is 476 g/mol. The average molecular weight is 511 g/mol. The van der Waals surface area contributed by atoms with Crippen LogP contribution in [-0.2, 0) is 17.8 Å². The lowest BCUT2D eigenvalue weighted by Crippen LogP contribution is -2.25. The number of carboxylic acids is 1. The molecule has 0 radical (unpaired) electrons. The topological polar surface area (TPSA) is 96.9 Å². The summed E-state index contributed by atoms with van der Waals surface area (Å²) in [6, 6.07) is 18.2. The van der Waals surface area contributed by atoms with Crippen molar-refractivity contribution in [3.8, 4) is 11.5 Å². The van der Waals surface area contributed by atoms with Crippen LogP contribution in [0.3, 0.4) is 0 Å². The van der Waals surface area contributed by atoms with Gasteiger partial charge >= 0.3 is 5.97 Å². The van der Waals surface area contributed by atoms with Crippen molar-refractivity contribution in [2.45, 2.75) is 45.2 Å². The molecule has 8 heteroatoms. The van der Waals surface area contributed by atoms with Gasteiger partial charge in [-0.2, -0.15) is 0 Å². The quantitative estimate of drug-likeness (QED) is 0.294. The number of hydrogen-bond donors (Lipinski definition) is 3. The van der Waals surface area contributed by atoms with E-state index in [0.717, 1.165) is 10.4 Å². The second-order valence-electron chi connectivity index (χ2n) is 8.82. The minimum atomic E-state index is -0.942. The molecule has 3 N–H and O–H groups in total. The molecule has 0 saturated heterocycles. The summed E-state index contributed by atoms with van der Waals surface area (Å²) in [4.78, 5) is 24.8. The predicted octanol–water partition coefficient (Wildman–Crippen LogP) is 5.17. The summed E-state index contributed by atoms with van der Waals surface area (Å²) in [6.45, 7) is 5.13. The first-order chi connectivity index (χ1) is 17.3. The highest BCUT2D eigenvalue weighted by Gasteiger charge is 2.18. The van der Waals surface area contributed by atoms with E-state index in [-0.39, 0.29) is 24.9 Å². The van der Waals surface area contributed by atoms with Crippen LogP contribution in [-0.4, -0.2) is 37.7 Å². The van der Waals surface area contributed by atoms with Crippen molar-refractivity contribution in [3.63, 3.8) is 0 Å². The van der Waals surface area contributed by atoms with Gasteiger partial charge in [0.15, 0.2) is 11.5 Å². The van der Waals surface area contributed by atoms with Gasteiger partial charge in [-0.15, -0.1) is 11.3 Å². The first-order valence-corrected chi connectivity index (χ1v) is 12.7. The molecule has 7 nitrogen and oxygen atoms in total. The molecule has 1 aromatic heterocycles. The molecule has 0 bridgehead atoms. The summed E-state index contributed by atoms with van der Waals surface area (Å²) in [5.74, 6) is 0.621. The summed E-state index contributed by atoms with van der Waals surface area (Å²) in [5, 5.41) is 15.1. The van der Waals surface area contributed by atoms with E-state index >= 15 is 0 Å². The van der Waals surface area contributed by atoms with Gasteiger partial charge < -0.3 is 25.2 Å². The number of carbonyl (C=O) groups is 2. The Kier molecular flexibility index (Phi) is 9.90. The van der Waals surface area contributed by atoms with Crippen molar-refractivity contribution in [2.24, 2.45) is 0 Å². The molecule has 0 aliphatic heterocycles. The Hall–Kier alpha value is -3.36. The molecule has 0 aliphatic carbocycles. The first kappa shape index (κ1) is 27.2. The van der Waals surface area contributed by atoms with Crippen LogP contribution in [0.5, 0.6) is 11.5 Å². The SMILES string of the molecule is COc1ccc(CC(NCc2ccc(C(C)C)cc2)c2ccc(C(=O)NCCC(=O)O)s2)cc1OC. The monoisotopic (exact) mass is 510 g/mol. The van der Waals surface area contributed by atoms with E-state index in [0.29, 0.717) is 35.3 Å². The molecule has 3 aromatic rings. The van der Waals surface area contributed by atoms with Crippen LogP contribution in [0.1, 0.15) is 63.5 Å². The Labute approximate surface area is 216 Å². The van der Waals surface area contributed by atoms with E-state index in [1.807, 2.05) is 24.3 Å². The zero-order valence-corrected chi connectivity index (χ0v) is 22.0. The fourth-order valence-electron chi connectivity index (χ4n) is 3.81. The molecule has 3 rings (SSSR count). The van der Waals surface area contributed by atoms with Crippen LogP contribution in [0.4, 0.5) is 0 Å². The van der Waals surface area contributed by atoms with Crippen molar-refractivity contribution in [2.75, 3.05) is 20.8 Å². The molecule has 0 aliphatic rings. The lowest BCUT2D eigenvalue weighted by atomic mass is 10.0. The van der Waals surface area contributed by atoms with Gasteiger partial charge in [0, 0.05) is 24.0 Å². The number of benzene rings is 2. The number of carbonyl (C=O) groups excluding carboxylic acids is 1. The van der Waals surface area contributed by atoms with Gasteiger partial charge in [-0.3, -0.25) is 9.59 Å². The zero-order chi connectivity index (χ0) is 26.1. The third kappa shape index (κ3) is 7.57. The van der Waals surface area contributed by atoms with Gasteiger partial charge in [-0.1, -0.05) is 44.2 Å². The van der Waals surface area contributed by atoms with Gasteiger partial charge in [-0.05, 0) is 53.3 Å². The highest BCUT2D eigenvalue weighted by atomic mass is 32.1. The van der Waals surface area contributed by atoms with Crippen molar-refractivity contribution < 1.29 is 24.2 Å². The summed E-state index contributed by atoms with van der Waals surface area (Å²) < 4.78 is 10.8. The predicted molar refractivity (Wildman–Crippen MR) is 142 cm³/mol. The first-order valence-electron chi connectivity index (χ1n) is 11.9. The molecule has 192 valence electrons. The van der Waals surface area contributed by atoms with E-state index in [4.69, 9.17) is 14.6 Å².